The van der Waals surface area contributed by atoms with Crippen LogP contribution in [0.2, 0.25) is 0 Å². The number of hydrogen-bond acceptors (Lipinski definition) is 5. The number of thioether (sulfide) groups is 1. The van der Waals surface area contributed by atoms with E-state index in [-0.39, 0.29) is 23.0 Å². The number of nitrogens with one attached hydrogen (secondary N) is 1. The third-order valence-electron chi connectivity index (χ3n) is 4.06. The molecule has 27 heavy (non-hydrogen) atoms. The molecule has 1 heterocycles. The lowest BCUT2D eigenvalue weighted by Gasteiger charge is -2.19. The van der Waals surface area contributed by atoms with Gasteiger partial charge >= 0.3 is 5.97 Å². The number of carbonyl (C=O) groups is 2. The average molecular weight is 390 g/mol. The molecule has 1 amide bonds. The number of benzene rings is 1. The molecule has 0 fully saturated rings. The van der Waals surface area contributed by atoms with Gasteiger partial charge in [-0.25, -0.2) is 4.68 Å². The molecule has 0 saturated carbocycles. The van der Waals surface area contributed by atoms with Gasteiger partial charge in [0, 0.05) is 18.2 Å². The first-order valence-electron chi connectivity index (χ1n) is 8.85. The lowest BCUT2D eigenvalue weighted by Crippen LogP contribution is -2.17. The lowest BCUT2D eigenvalue weighted by molar-refractivity contribution is -0.137. The van der Waals surface area contributed by atoms with Gasteiger partial charge in [-0.1, -0.05) is 45.0 Å². The van der Waals surface area contributed by atoms with Crippen LogP contribution >= 0.6 is 11.8 Å². The first-order chi connectivity index (χ1) is 12.8. The Balaban J connectivity index is 1.88. The minimum absolute atomic E-state index is 0.0998. The fourth-order valence-corrected chi connectivity index (χ4v) is 3.19. The van der Waals surface area contributed by atoms with Crippen molar-refractivity contribution < 1.29 is 14.3 Å². The largest absolute Gasteiger partial charge is 0.468 e. The molecule has 0 bridgehead atoms. The molecule has 0 aliphatic heterocycles. The van der Waals surface area contributed by atoms with Gasteiger partial charge in [0.2, 0.25) is 5.91 Å². The summed E-state index contributed by atoms with van der Waals surface area (Å²) in [4.78, 5) is 23.2. The fraction of sp³-hybridized carbons (Fsp3) is 0.450. The Labute approximate surface area is 164 Å². The third kappa shape index (κ3) is 6.75. The standard InChI is InChI=1S/C20H27N3O3S/c1-20(2,3)16-7-5-15(6-8-16)13-23-17(9-11-21-23)22-18(24)10-12-27-14-19(25)26-4/h5-9,11H,10,12-14H2,1-4H3,(H,22,24). The highest BCUT2D eigenvalue weighted by Crippen LogP contribution is 2.22. The molecule has 0 aliphatic carbocycles. The minimum Gasteiger partial charge on any atom is -0.468 e. The maximum Gasteiger partial charge on any atom is 0.315 e. The molecule has 2 rings (SSSR count). The maximum atomic E-state index is 12.1. The quantitative estimate of drug-likeness (QED) is 0.553. The Morgan fingerprint density at radius 1 is 1.19 bits per heavy atom. The summed E-state index contributed by atoms with van der Waals surface area (Å²) in [5.74, 6) is 1.10. The van der Waals surface area contributed by atoms with Crippen LogP contribution in [0.25, 0.3) is 0 Å². The summed E-state index contributed by atoms with van der Waals surface area (Å²) in [5.41, 5.74) is 2.52. The van der Waals surface area contributed by atoms with Crippen molar-refractivity contribution >= 4 is 29.5 Å². The molecule has 7 heteroatoms. The predicted octanol–water partition coefficient (Wildman–Crippen LogP) is 3.46. The molecule has 2 aromatic rings. The number of methoxy groups -OCH3 is 1. The third-order valence-corrected chi connectivity index (χ3v) is 4.99. The Kier molecular flexibility index (Phi) is 7.47. The van der Waals surface area contributed by atoms with Crippen LogP contribution in [-0.4, -0.2) is 40.3 Å². The first-order valence-corrected chi connectivity index (χ1v) is 10.0. The fourth-order valence-electron chi connectivity index (χ4n) is 2.43. The second-order valence-electron chi connectivity index (χ2n) is 7.25. The van der Waals surface area contributed by atoms with Gasteiger partial charge in [0.25, 0.3) is 0 Å². The van der Waals surface area contributed by atoms with E-state index in [1.54, 1.807) is 16.9 Å². The number of esters is 1. The Morgan fingerprint density at radius 2 is 1.89 bits per heavy atom. The summed E-state index contributed by atoms with van der Waals surface area (Å²) in [6.45, 7) is 7.15. The van der Waals surface area contributed by atoms with Crippen LogP contribution in [0.5, 0.6) is 0 Å². The number of aromatic nitrogens is 2. The molecular formula is C20H27N3O3S. The monoisotopic (exact) mass is 389 g/mol. The van der Waals surface area contributed by atoms with E-state index < -0.39 is 0 Å². The summed E-state index contributed by atoms with van der Waals surface area (Å²) in [7, 11) is 1.35. The number of nitrogens with zero attached hydrogens (tertiary/aromatic N) is 2. The van der Waals surface area contributed by atoms with Crippen LogP contribution in [0.1, 0.15) is 38.3 Å². The lowest BCUT2D eigenvalue weighted by atomic mass is 9.87. The van der Waals surface area contributed by atoms with E-state index in [4.69, 9.17) is 0 Å². The van der Waals surface area contributed by atoms with Crippen molar-refractivity contribution in [2.24, 2.45) is 0 Å². The first kappa shape index (κ1) is 21.0. The number of amides is 1. The number of ether oxygens (including phenoxy) is 1. The molecule has 0 spiro atoms. The van der Waals surface area contributed by atoms with Gasteiger partial charge in [-0.05, 0) is 16.5 Å². The van der Waals surface area contributed by atoms with E-state index in [1.165, 1.54) is 24.4 Å². The van der Waals surface area contributed by atoms with Gasteiger partial charge in [0.1, 0.15) is 5.82 Å². The van der Waals surface area contributed by atoms with E-state index in [0.717, 1.165) is 5.56 Å². The molecule has 1 N–H and O–H groups in total. The van der Waals surface area contributed by atoms with Gasteiger partial charge in [0.15, 0.2) is 0 Å². The molecule has 0 aliphatic rings. The van der Waals surface area contributed by atoms with E-state index in [1.807, 2.05) is 0 Å². The van der Waals surface area contributed by atoms with Gasteiger partial charge in [-0.2, -0.15) is 5.10 Å². The number of anilines is 1. The van der Waals surface area contributed by atoms with Crippen LogP contribution in [0.3, 0.4) is 0 Å². The zero-order chi connectivity index (χ0) is 19.9. The molecular weight excluding hydrogens is 362 g/mol. The van der Waals surface area contributed by atoms with Crippen LogP contribution in [0, 0.1) is 0 Å². The van der Waals surface area contributed by atoms with Gasteiger partial charge in [-0.3, -0.25) is 9.59 Å². The van der Waals surface area contributed by atoms with Crippen LogP contribution in [0.15, 0.2) is 36.5 Å². The molecule has 0 unspecified atom stereocenters. The summed E-state index contributed by atoms with van der Waals surface area (Å²) in [5, 5.41) is 7.18. The summed E-state index contributed by atoms with van der Waals surface area (Å²) < 4.78 is 6.34. The van der Waals surface area contributed by atoms with Gasteiger partial charge in [-0.15, -0.1) is 11.8 Å². The predicted molar refractivity (Wildman–Crippen MR) is 109 cm³/mol. The van der Waals surface area contributed by atoms with Crippen molar-refractivity contribution in [1.82, 2.24) is 9.78 Å². The van der Waals surface area contributed by atoms with Gasteiger partial charge < -0.3 is 10.1 Å². The van der Waals surface area contributed by atoms with E-state index in [2.05, 4.69) is 60.2 Å². The van der Waals surface area contributed by atoms with Gasteiger partial charge in [0.05, 0.1) is 25.6 Å². The molecule has 0 atom stereocenters. The maximum absolute atomic E-state index is 12.1. The Hall–Kier alpha value is -2.28. The molecule has 0 saturated heterocycles. The Morgan fingerprint density at radius 3 is 2.52 bits per heavy atom. The summed E-state index contributed by atoms with van der Waals surface area (Å²) in [6, 6.07) is 10.2. The average Bonchev–Trinajstić information content (AvgIpc) is 3.04. The van der Waals surface area contributed by atoms with Crippen molar-refractivity contribution in [2.45, 2.75) is 39.2 Å². The second-order valence-corrected chi connectivity index (χ2v) is 8.35. The summed E-state index contributed by atoms with van der Waals surface area (Å²) >= 11 is 1.38. The van der Waals surface area contributed by atoms with Crippen LogP contribution < -0.4 is 5.32 Å². The van der Waals surface area contributed by atoms with E-state index >= 15 is 0 Å². The zero-order valence-corrected chi connectivity index (χ0v) is 17.1. The van der Waals surface area contributed by atoms with Crippen molar-refractivity contribution in [3.05, 3.63) is 47.7 Å². The Bertz CT molecular complexity index is 764. The molecule has 0 radical (unpaired) electrons. The minimum atomic E-state index is -0.282. The van der Waals surface area contributed by atoms with Crippen molar-refractivity contribution in [3.63, 3.8) is 0 Å². The van der Waals surface area contributed by atoms with E-state index in [9.17, 15) is 9.59 Å². The number of carbonyl (C=O) groups excluding carboxylic acids is 2. The summed E-state index contributed by atoms with van der Waals surface area (Å²) in [6.07, 6.45) is 2.00. The normalized spacial score (nSPS) is 11.3. The molecule has 146 valence electrons. The highest BCUT2D eigenvalue weighted by atomic mass is 32.2. The number of hydrogen-bond donors (Lipinski definition) is 1. The van der Waals surface area contributed by atoms with Crippen molar-refractivity contribution in [2.75, 3.05) is 23.9 Å². The van der Waals surface area contributed by atoms with Crippen LogP contribution in [-0.2, 0) is 26.3 Å². The topological polar surface area (TPSA) is 73.2 Å². The van der Waals surface area contributed by atoms with Crippen molar-refractivity contribution in [3.8, 4) is 0 Å². The molecule has 6 nitrogen and oxygen atoms in total. The molecule has 1 aromatic carbocycles. The van der Waals surface area contributed by atoms with E-state index in [0.29, 0.717) is 24.5 Å². The molecule has 1 aromatic heterocycles. The SMILES string of the molecule is COC(=O)CSCCC(=O)Nc1ccnn1Cc1ccc(C(C)(C)C)cc1. The van der Waals surface area contributed by atoms with Crippen LogP contribution in [0.4, 0.5) is 5.82 Å². The zero-order valence-electron chi connectivity index (χ0n) is 16.3. The highest BCUT2D eigenvalue weighted by Gasteiger charge is 2.13. The van der Waals surface area contributed by atoms with Crippen molar-refractivity contribution in [1.29, 1.82) is 0 Å². The smallest absolute Gasteiger partial charge is 0.315 e. The number of rotatable bonds is 8. The second kappa shape index (κ2) is 9.60. The highest BCUT2D eigenvalue weighted by molar-refractivity contribution is 7.99.